The Morgan fingerprint density at radius 2 is 1.83 bits per heavy atom. The lowest BCUT2D eigenvalue weighted by Gasteiger charge is -2.09. The average Bonchev–Trinajstić information content (AvgIpc) is 2.19. The topological polar surface area (TPSA) is 55.7 Å². The summed E-state index contributed by atoms with van der Waals surface area (Å²) in [7, 11) is -3.68. The van der Waals surface area contributed by atoms with Gasteiger partial charge in [0.05, 0.1) is 11.0 Å². The van der Waals surface area contributed by atoms with E-state index in [4.69, 9.17) is 4.74 Å². The Bertz CT molecular complexity index is 560. The van der Waals surface area contributed by atoms with Crippen LogP contribution in [0.3, 0.4) is 0 Å². The van der Waals surface area contributed by atoms with Crippen LogP contribution in [0.5, 0.6) is 0 Å². The van der Waals surface area contributed by atoms with Crippen molar-refractivity contribution < 1.29 is 13.2 Å². The molecule has 18 heavy (non-hydrogen) atoms. The molecule has 0 saturated heterocycles. The molecular weight excluding hydrogens is 250 g/mol. The number of hydrogen-bond acceptors (Lipinski definition) is 3. The highest BCUT2D eigenvalue weighted by atomic mass is 32.2. The Kier molecular flexibility index (Phi) is 4.51. The van der Waals surface area contributed by atoms with Crippen molar-refractivity contribution in [1.82, 2.24) is 0 Å². The van der Waals surface area contributed by atoms with Crippen LogP contribution < -0.4 is 0 Å². The van der Waals surface area contributed by atoms with Crippen molar-refractivity contribution in [3.05, 3.63) is 29.3 Å². The van der Waals surface area contributed by atoms with E-state index in [1.54, 1.807) is 25.1 Å². The molecule has 0 spiro atoms. The molecule has 0 radical (unpaired) electrons. The molecule has 5 heteroatoms. The molecule has 0 heterocycles. The maximum Gasteiger partial charge on any atom is 0.285 e. The van der Waals surface area contributed by atoms with Crippen LogP contribution in [-0.4, -0.2) is 20.4 Å². The van der Waals surface area contributed by atoms with Crippen molar-refractivity contribution in [2.45, 2.75) is 45.6 Å². The molecule has 0 atom stereocenters. The number of sulfonamides is 1. The molecule has 0 N–H and O–H groups in total. The lowest BCUT2D eigenvalue weighted by atomic mass is 10.1. The highest BCUT2D eigenvalue weighted by Crippen LogP contribution is 2.17. The van der Waals surface area contributed by atoms with E-state index >= 15 is 0 Å². The van der Waals surface area contributed by atoms with Gasteiger partial charge in [-0.15, -0.1) is 4.40 Å². The van der Waals surface area contributed by atoms with Crippen molar-refractivity contribution in [1.29, 1.82) is 0 Å². The van der Waals surface area contributed by atoms with Gasteiger partial charge in [-0.2, -0.15) is 8.42 Å². The van der Waals surface area contributed by atoms with Crippen molar-refractivity contribution >= 4 is 15.9 Å². The molecular formula is C13H19NO3S. The Morgan fingerprint density at radius 3 is 2.33 bits per heavy atom. The van der Waals surface area contributed by atoms with Gasteiger partial charge in [-0.1, -0.05) is 6.07 Å². The fourth-order valence-corrected chi connectivity index (χ4v) is 2.51. The van der Waals surface area contributed by atoms with Crippen LogP contribution >= 0.6 is 0 Å². The number of ether oxygens (including phenoxy) is 1. The molecule has 0 bridgehead atoms. The third kappa shape index (κ3) is 3.84. The molecule has 4 nitrogen and oxygen atoms in total. The number of hydrogen-bond donors (Lipinski definition) is 0. The van der Waals surface area contributed by atoms with E-state index in [-0.39, 0.29) is 16.9 Å². The SMILES string of the molecule is C/C(=N/S(=O)(=O)c1ccc(C)c(C)c1)OC(C)C. The molecule has 0 saturated carbocycles. The minimum absolute atomic E-state index is 0.0938. The Hall–Kier alpha value is -1.36. The quantitative estimate of drug-likeness (QED) is 0.626. The van der Waals surface area contributed by atoms with Gasteiger partial charge in [-0.25, -0.2) is 0 Å². The highest BCUT2D eigenvalue weighted by molar-refractivity contribution is 7.90. The van der Waals surface area contributed by atoms with Crippen LogP contribution in [0.15, 0.2) is 27.5 Å². The third-order valence-corrected chi connectivity index (χ3v) is 3.78. The number of aryl methyl sites for hydroxylation is 2. The number of nitrogens with zero attached hydrogens (tertiary/aromatic N) is 1. The molecule has 100 valence electrons. The average molecular weight is 269 g/mol. The van der Waals surface area contributed by atoms with E-state index < -0.39 is 10.0 Å². The van der Waals surface area contributed by atoms with E-state index in [1.165, 1.54) is 0 Å². The highest BCUT2D eigenvalue weighted by Gasteiger charge is 2.14. The Morgan fingerprint density at radius 1 is 1.22 bits per heavy atom. The van der Waals surface area contributed by atoms with E-state index in [0.29, 0.717) is 0 Å². The van der Waals surface area contributed by atoms with Gasteiger partial charge >= 0.3 is 0 Å². The van der Waals surface area contributed by atoms with Crippen LogP contribution in [0.25, 0.3) is 0 Å². The van der Waals surface area contributed by atoms with Gasteiger partial charge < -0.3 is 4.74 Å². The van der Waals surface area contributed by atoms with Gasteiger partial charge in [0.2, 0.25) is 0 Å². The maximum atomic E-state index is 12.0. The first-order chi connectivity index (χ1) is 8.22. The van der Waals surface area contributed by atoms with Crippen LogP contribution in [0.4, 0.5) is 0 Å². The van der Waals surface area contributed by atoms with Gasteiger partial charge in [0.1, 0.15) is 0 Å². The summed E-state index contributed by atoms with van der Waals surface area (Å²) >= 11 is 0. The molecule has 0 amide bonds. The summed E-state index contributed by atoms with van der Waals surface area (Å²) in [5.41, 5.74) is 1.97. The molecule has 0 fully saturated rings. The van der Waals surface area contributed by atoms with Gasteiger partial charge in [0.25, 0.3) is 10.0 Å². The monoisotopic (exact) mass is 269 g/mol. The zero-order valence-electron chi connectivity index (χ0n) is 11.4. The summed E-state index contributed by atoms with van der Waals surface area (Å²) < 4.78 is 32.9. The zero-order valence-corrected chi connectivity index (χ0v) is 12.2. The molecule has 0 unspecified atom stereocenters. The minimum Gasteiger partial charge on any atom is -0.478 e. The molecule has 1 rings (SSSR count). The summed E-state index contributed by atoms with van der Waals surface area (Å²) in [4.78, 5) is 0.192. The lowest BCUT2D eigenvalue weighted by molar-refractivity contribution is 0.227. The summed E-state index contributed by atoms with van der Waals surface area (Å²) in [6.07, 6.45) is -0.0938. The molecule has 0 aromatic heterocycles. The van der Waals surface area contributed by atoms with Gasteiger partial charge in [0.15, 0.2) is 5.90 Å². The van der Waals surface area contributed by atoms with Crippen molar-refractivity contribution in [2.75, 3.05) is 0 Å². The maximum absolute atomic E-state index is 12.0. The Balaban J connectivity index is 3.10. The Labute approximate surface area is 109 Å². The molecule has 1 aromatic carbocycles. The normalized spacial score (nSPS) is 12.9. The van der Waals surface area contributed by atoms with Crippen LogP contribution in [0.1, 0.15) is 31.9 Å². The standard InChI is InChI=1S/C13H19NO3S/c1-9(2)17-12(5)14-18(15,16)13-7-6-10(3)11(4)8-13/h6-9H,1-5H3/b14-12-. The van der Waals surface area contributed by atoms with Gasteiger partial charge in [0, 0.05) is 6.92 Å². The fraction of sp³-hybridized carbons (Fsp3) is 0.462. The predicted molar refractivity (Wildman–Crippen MR) is 72.4 cm³/mol. The van der Waals surface area contributed by atoms with Gasteiger partial charge in [-0.05, 0) is 51.0 Å². The second-order valence-corrected chi connectivity index (χ2v) is 6.10. The van der Waals surface area contributed by atoms with E-state index in [1.807, 2.05) is 27.7 Å². The predicted octanol–water partition coefficient (Wildman–Crippen LogP) is 2.84. The number of rotatable bonds is 3. The fourth-order valence-electron chi connectivity index (χ4n) is 1.46. The summed E-state index contributed by atoms with van der Waals surface area (Å²) in [5, 5.41) is 0. The second kappa shape index (κ2) is 5.52. The number of benzene rings is 1. The summed E-state index contributed by atoms with van der Waals surface area (Å²) in [6.45, 7) is 8.99. The zero-order chi connectivity index (χ0) is 13.9. The second-order valence-electron chi connectivity index (χ2n) is 4.50. The van der Waals surface area contributed by atoms with Crippen LogP contribution in [0, 0.1) is 13.8 Å². The summed E-state index contributed by atoms with van der Waals surface area (Å²) in [6, 6.07) is 4.96. The first-order valence-corrected chi connectivity index (χ1v) is 7.22. The minimum atomic E-state index is -3.68. The van der Waals surface area contributed by atoms with Crippen molar-refractivity contribution in [2.24, 2.45) is 4.40 Å². The smallest absolute Gasteiger partial charge is 0.285 e. The third-order valence-electron chi connectivity index (χ3n) is 2.43. The van der Waals surface area contributed by atoms with E-state index in [0.717, 1.165) is 11.1 Å². The van der Waals surface area contributed by atoms with E-state index in [9.17, 15) is 8.42 Å². The molecule has 0 aliphatic heterocycles. The van der Waals surface area contributed by atoms with Crippen LogP contribution in [-0.2, 0) is 14.8 Å². The largest absolute Gasteiger partial charge is 0.478 e. The molecule has 0 aliphatic carbocycles. The molecule has 1 aromatic rings. The first-order valence-electron chi connectivity index (χ1n) is 5.78. The molecule has 0 aliphatic rings. The van der Waals surface area contributed by atoms with Crippen molar-refractivity contribution in [3.8, 4) is 0 Å². The summed E-state index contributed by atoms with van der Waals surface area (Å²) in [5.74, 6) is 0.156. The first kappa shape index (κ1) is 14.7. The lowest BCUT2D eigenvalue weighted by Crippen LogP contribution is -2.10. The van der Waals surface area contributed by atoms with Crippen LogP contribution in [0.2, 0.25) is 0 Å². The van der Waals surface area contributed by atoms with Gasteiger partial charge in [-0.3, -0.25) is 0 Å². The van der Waals surface area contributed by atoms with Crippen molar-refractivity contribution in [3.63, 3.8) is 0 Å². The van der Waals surface area contributed by atoms with E-state index in [2.05, 4.69) is 4.40 Å².